The van der Waals surface area contributed by atoms with Gasteiger partial charge in [-0.25, -0.2) is 4.57 Å². The van der Waals surface area contributed by atoms with Crippen molar-refractivity contribution in [1.82, 2.24) is 0 Å². The number of carbonyl (C=O) groups excluding carboxylic acids is 1. The number of hydrogen-bond acceptors (Lipinski definition) is 3. The zero-order chi connectivity index (χ0) is 13.1. The van der Waals surface area contributed by atoms with Crippen molar-refractivity contribution in [2.45, 2.75) is 72.1 Å². The van der Waals surface area contributed by atoms with Crippen molar-refractivity contribution in [3.63, 3.8) is 0 Å². The molecule has 0 aliphatic carbocycles. The van der Waals surface area contributed by atoms with Crippen LogP contribution in [-0.4, -0.2) is 5.97 Å². The molecule has 0 spiro atoms. The summed E-state index contributed by atoms with van der Waals surface area (Å²) >= 11 is 0. The van der Waals surface area contributed by atoms with Gasteiger partial charge >= 0.3 is 14.7 Å². The van der Waals surface area contributed by atoms with Gasteiger partial charge in [-0.15, -0.1) is 0 Å². The molecule has 0 N–H and O–H groups in total. The summed E-state index contributed by atoms with van der Waals surface area (Å²) in [5.74, 6) is -0.280. The van der Waals surface area contributed by atoms with E-state index >= 15 is 0 Å². The minimum atomic E-state index is -0.522. The number of hydrogen-bond donors (Lipinski definition) is 0. The Balaban J connectivity index is 4.78. The number of rotatable bonds is 10. The fraction of sp³-hybridized carbons (Fsp3) is 0.923. The standard InChI is InChI=1S/C13H25O3P/c1-4-7-10-13(9-6-3,11-8-5-2)12(14)16-17-15/h4-11H2,1-3H3. The molecule has 3 nitrogen and oxygen atoms in total. The lowest BCUT2D eigenvalue weighted by Crippen LogP contribution is -2.31. The molecule has 0 saturated carbocycles. The normalized spacial score (nSPS) is 11.7. The molecule has 0 saturated heterocycles. The summed E-state index contributed by atoms with van der Waals surface area (Å²) in [5.41, 5.74) is -0.405. The molecule has 0 unspecified atom stereocenters. The minimum absolute atomic E-state index is 0.280. The van der Waals surface area contributed by atoms with Crippen LogP contribution in [0.25, 0.3) is 0 Å². The molecule has 0 heterocycles. The molecule has 0 radical (unpaired) electrons. The third kappa shape index (κ3) is 5.63. The van der Waals surface area contributed by atoms with Crippen LogP contribution in [0.4, 0.5) is 0 Å². The zero-order valence-corrected chi connectivity index (χ0v) is 12.2. The van der Waals surface area contributed by atoms with Crippen LogP contribution in [0, 0.1) is 5.41 Å². The third-order valence-electron chi connectivity index (χ3n) is 3.30. The van der Waals surface area contributed by atoms with Gasteiger partial charge in [-0.1, -0.05) is 52.9 Å². The largest absolute Gasteiger partial charge is 0.398 e. The second kappa shape index (κ2) is 9.58. The van der Waals surface area contributed by atoms with E-state index in [1.807, 2.05) is 0 Å². The van der Waals surface area contributed by atoms with Crippen molar-refractivity contribution in [2.24, 2.45) is 5.41 Å². The summed E-state index contributed by atoms with van der Waals surface area (Å²) in [4.78, 5) is 12.0. The lowest BCUT2D eigenvalue weighted by Gasteiger charge is -2.30. The fourth-order valence-electron chi connectivity index (χ4n) is 2.32. The van der Waals surface area contributed by atoms with Crippen molar-refractivity contribution in [3.8, 4) is 0 Å². The van der Waals surface area contributed by atoms with Crippen molar-refractivity contribution in [2.75, 3.05) is 0 Å². The van der Waals surface area contributed by atoms with Gasteiger partial charge in [0.1, 0.15) is 0 Å². The van der Waals surface area contributed by atoms with Crippen LogP contribution in [0.2, 0.25) is 0 Å². The van der Waals surface area contributed by atoms with Crippen LogP contribution in [0.5, 0.6) is 0 Å². The SMILES string of the molecule is CCCCC(CCC)(CCCC)C(=O)OP=O. The van der Waals surface area contributed by atoms with Crippen molar-refractivity contribution in [1.29, 1.82) is 0 Å². The number of carbonyl (C=O) groups is 1. The van der Waals surface area contributed by atoms with Crippen LogP contribution in [0.15, 0.2) is 0 Å². The van der Waals surface area contributed by atoms with E-state index in [0.717, 1.165) is 51.4 Å². The smallest absolute Gasteiger partial charge is 0.372 e. The van der Waals surface area contributed by atoms with Gasteiger partial charge in [0, 0.05) is 0 Å². The van der Waals surface area contributed by atoms with Gasteiger partial charge in [0.05, 0.1) is 5.41 Å². The van der Waals surface area contributed by atoms with Crippen LogP contribution >= 0.6 is 8.69 Å². The monoisotopic (exact) mass is 260 g/mol. The lowest BCUT2D eigenvalue weighted by molar-refractivity contribution is -0.146. The first-order chi connectivity index (χ1) is 8.16. The highest BCUT2D eigenvalue weighted by molar-refractivity contribution is 7.18. The molecule has 0 aromatic rings. The average molecular weight is 260 g/mol. The first kappa shape index (κ1) is 16.6. The number of unbranched alkanes of at least 4 members (excludes halogenated alkanes) is 2. The highest BCUT2D eigenvalue weighted by Gasteiger charge is 2.38. The summed E-state index contributed by atoms with van der Waals surface area (Å²) < 4.78 is 15.2. The van der Waals surface area contributed by atoms with Crippen molar-refractivity contribution >= 4 is 14.7 Å². The topological polar surface area (TPSA) is 43.4 Å². The van der Waals surface area contributed by atoms with Gasteiger partial charge in [-0.2, -0.15) is 0 Å². The fourth-order valence-corrected chi connectivity index (χ4v) is 2.58. The summed E-state index contributed by atoms with van der Waals surface area (Å²) in [6, 6.07) is 0. The van der Waals surface area contributed by atoms with Crippen molar-refractivity contribution in [3.05, 3.63) is 0 Å². The van der Waals surface area contributed by atoms with E-state index in [1.54, 1.807) is 0 Å². The van der Waals surface area contributed by atoms with Gasteiger partial charge in [0.2, 0.25) is 0 Å². The van der Waals surface area contributed by atoms with Crippen LogP contribution in [0.3, 0.4) is 0 Å². The van der Waals surface area contributed by atoms with E-state index in [-0.39, 0.29) is 5.97 Å². The maximum atomic E-state index is 12.0. The molecule has 0 aromatic carbocycles. The van der Waals surface area contributed by atoms with Gasteiger partial charge in [0.15, 0.2) is 0 Å². The zero-order valence-electron chi connectivity index (χ0n) is 11.3. The summed E-state index contributed by atoms with van der Waals surface area (Å²) in [6.07, 6.45) is 7.68. The molecule has 0 aromatic heterocycles. The molecule has 0 atom stereocenters. The maximum Gasteiger partial charge on any atom is 0.398 e. The second-order valence-corrected chi connectivity index (χ2v) is 5.02. The second-order valence-electron chi connectivity index (χ2n) is 4.69. The van der Waals surface area contributed by atoms with Crippen LogP contribution in [-0.2, 0) is 13.9 Å². The molecule has 0 rings (SSSR count). The van der Waals surface area contributed by atoms with E-state index in [2.05, 4.69) is 20.8 Å². The molecular weight excluding hydrogens is 235 g/mol. The van der Waals surface area contributed by atoms with E-state index in [1.165, 1.54) is 0 Å². The Hall–Kier alpha value is -0.430. The molecule has 100 valence electrons. The molecule has 4 heteroatoms. The Morgan fingerprint density at radius 3 is 1.88 bits per heavy atom. The van der Waals surface area contributed by atoms with Gasteiger partial charge in [-0.3, -0.25) is 4.79 Å². The Morgan fingerprint density at radius 1 is 1.00 bits per heavy atom. The molecule has 0 bridgehead atoms. The Labute approximate surface area is 107 Å². The van der Waals surface area contributed by atoms with Gasteiger partial charge < -0.3 is 4.52 Å². The molecule has 17 heavy (non-hydrogen) atoms. The third-order valence-corrected chi connectivity index (χ3v) is 3.54. The van der Waals surface area contributed by atoms with Gasteiger partial charge in [0.25, 0.3) is 0 Å². The summed E-state index contributed by atoms with van der Waals surface area (Å²) in [5, 5.41) is 0. The first-order valence-corrected chi connectivity index (χ1v) is 7.44. The minimum Gasteiger partial charge on any atom is -0.372 e. The lowest BCUT2D eigenvalue weighted by atomic mass is 9.75. The highest BCUT2D eigenvalue weighted by atomic mass is 31.1. The predicted octanol–water partition coefficient (Wildman–Crippen LogP) is 4.90. The van der Waals surface area contributed by atoms with E-state index in [9.17, 15) is 9.36 Å². The summed E-state index contributed by atoms with van der Waals surface area (Å²) in [6.45, 7) is 6.32. The molecule has 0 amide bonds. The quantitative estimate of drug-likeness (QED) is 0.524. The first-order valence-electron chi connectivity index (χ1n) is 6.71. The van der Waals surface area contributed by atoms with Gasteiger partial charge in [-0.05, 0) is 19.3 Å². The van der Waals surface area contributed by atoms with Crippen molar-refractivity contribution < 1.29 is 13.9 Å². The molecule has 0 fully saturated rings. The van der Waals surface area contributed by atoms with Crippen LogP contribution in [0.1, 0.15) is 72.1 Å². The average Bonchev–Trinajstić information content (AvgIpc) is 2.33. The maximum absolute atomic E-state index is 12.0. The molecule has 0 aliphatic heterocycles. The highest BCUT2D eigenvalue weighted by Crippen LogP contribution is 2.38. The van der Waals surface area contributed by atoms with E-state index < -0.39 is 14.1 Å². The van der Waals surface area contributed by atoms with E-state index in [0.29, 0.717) is 0 Å². The molecular formula is C13H25O3P. The molecule has 0 aliphatic rings. The summed E-state index contributed by atoms with van der Waals surface area (Å²) in [7, 11) is -0.522. The predicted molar refractivity (Wildman–Crippen MR) is 70.1 cm³/mol. The van der Waals surface area contributed by atoms with E-state index in [4.69, 9.17) is 4.52 Å². The Kier molecular flexibility index (Phi) is 9.34. The van der Waals surface area contributed by atoms with Crippen LogP contribution < -0.4 is 0 Å². The Morgan fingerprint density at radius 2 is 1.53 bits per heavy atom. The Bertz CT molecular complexity index is 221.